The van der Waals surface area contributed by atoms with E-state index in [4.69, 9.17) is 0 Å². The molecule has 2 atom stereocenters. The van der Waals surface area contributed by atoms with E-state index in [2.05, 4.69) is 26.3 Å². The monoisotopic (exact) mass is 330 g/mol. The topological polar surface area (TPSA) is 63.8 Å². The number of hydrogen-bond donors (Lipinski definition) is 1. The van der Waals surface area contributed by atoms with Crippen LogP contribution in [0.5, 0.6) is 0 Å². The SMILES string of the molecule is C=C(C)Cn1c(SC2CCCCC2O)nnc1-c1ccncc1. The minimum absolute atomic E-state index is 0.196. The van der Waals surface area contributed by atoms with Gasteiger partial charge in [-0.25, -0.2) is 0 Å². The summed E-state index contributed by atoms with van der Waals surface area (Å²) in [4.78, 5) is 4.06. The molecule has 1 aliphatic carbocycles. The van der Waals surface area contributed by atoms with E-state index in [1.54, 1.807) is 24.2 Å². The highest BCUT2D eigenvalue weighted by Crippen LogP contribution is 2.34. The van der Waals surface area contributed by atoms with Gasteiger partial charge in [0.2, 0.25) is 0 Å². The zero-order valence-corrected chi connectivity index (χ0v) is 14.2. The molecule has 2 heterocycles. The summed E-state index contributed by atoms with van der Waals surface area (Å²) >= 11 is 1.64. The summed E-state index contributed by atoms with van der Waals surface area (Å²) in [6, 6.07) is 3.87. The van der Waals surface area contributed by atoms with Crippen LogP contribution in [0.3, 0.4) is 0 Å². The fourth-order valence-corrected chi connectivity index (χ4v) is 4.07. The van der Waals surface area contributed by atoms with Gasteiger partial charge in [-0.3, -0.25) is 9.55 Å². The first-order valence-electron chi connectivity index (χ1n) is 7.98. The van der Waals surface area contributed by atoms with E-state index in [-0.39, 0.29) is 11.4 Å². The van der Waals surface area contributed by atoms with Gasteiger partial charge in [0.05, 0.1) is 6.10 Å². The van der Waals surface area contributed by atoms with Gasteiger partial charge >= 0.3 is 0 Å². The third-order valence-electron chi connectivity index (χ3n) is 4.01. The van der Waals surface area contributed by atoms with Crippen LogP contribution >= 0.6 is 11.8 Å². The van der Waals surface area contributed by atoms with Crippen LogP contribution in [0, 0.1) is 0 Å². The molecule has 1 N–H and O–H groups in total. The summed E-state index contributed by atoms with van der Waals surface area (Å²) in [5.74, 6) is 0.822. The molecule has 0 amide bonds. The van der Waals surface area contributed by atoms with E-state index in [0.29, 0.717) is 6.54 Å². The molecule has 5 nitrogen and oxygen atoms in total. The van der Waals surface area contributed by atoms with Crippen molar-refractivity contribution in [3.05, 3.63) is 36.7 Å². The Morgan fingerprint density at radius 1 is 1.30 bits per heavy atom. The molecule has 23 heavy (non-hydrogen) atoms. The van der Waals surface area contributed by atoms with E-state index in [9.17, 15) is 5.11 Å². The Kier molecular flexibility index (Phi) is 5.13. The molecular weight excluding hydrogens is 308 g/mol. The van der Waals surface area contributed by atoms with Gasteiger partial charge in [-0.2, -0.15) is 0 Å². The summed E-state index contributed by atoms with van der Waals surface area (Å²) in [6.07, 6.45) is 7.44. The molecule has 2 unspecified atom stereocenters. The van der Waals surface area contributed by atoms with Crippen molar-refractivity contribution in [3.8, 4) is 11.4 Å². The first-order valence-corrected chi connectivity index (χ1v) is 8.86. The predicted molar refractivity (Wildman–Crippen MR) is 92.2 cm³/mol. The van der Waals surface area contributed by atoms with Gasteiger partial charge in [0.15, 0.2) is 11.0 Å². The van der Waals surface area contributed by atoms with Gasteiger partial charge in [-0.15, -0.1) is 10.2 Å². The normalized spacial score (nSPS) is 21.3. The maximum absolute atomic E-state index is 10.2. The molecule has 2 aromatic heterocycles. The van der Waals surface area contributed by atoms with Crippen LogP contribution in [0.2, 0.25) is 0 Å². The van der Waals surface area contributed by atoms with Crippen LogP contribution in [0.25, 0.3) is 11.4 Å². The molecule has 1 fully saturated rings. The lowest BCUT2D eigenvalue weighted by Gasteiger charge is -2.26. The Labute approximate surface area is 140 Å². The predicted octanol–water partition coefficient (Wildman–Crippen LogP) is 3.31. The number of pyridine rings is 1. The largest absolute Gasteiger partial charge is 0.392 e. The lowest BCUT2D eigenvalue weighted by atomic mass is 9.97. The van der Waals surface area contributed by atoms with Gasteiger partial charge in [0.1, 0.15) is 0 Å². The number of nitrogens with zero attached hydrogens (tertiary/aromatic N) is 4. The Morgan fingerprint density at radius 2 is 2.04 bits per heavy atom. The first-order chi connectivity index (χ1) is 11.1. The molecule has 0 aliphatic heterocycles. The molecule has 3 rings (SSSR count). The second-order valence-electron chi connectivity index (χ2n) is 6.09. The lowest BCUT2D eigenvalue weighted by Crippen LogP contribution is -2.27. The standard InChI is InChI=1S/C17H22N4OS/c1-12(2)11-21-16(13-7-9-18-10-8-13)19-20-17(21)23-15-6-4-3-5-14(15)22/h7-10,14-15,22H,1,3-6,11H2,2H3. The molecule has 0 spiro atoms. The number of rotatable bonds is 5. The van der Waals surface area contributed by atoms with Crippen molar-refractivity contribution in [1.82, 2.24) is 19.7 Å². The minimum Gasteiger partial charge on any atom is -0.392 e. The van der Waals surface area contributed by atoms with E-state index in [1.807, 2.05) is 19.1 Å². The number of allylic oxidation sites excluding steroid dienone is 1. The fourth-order valence-electron chi connectivity index (χ4n) is 2.85. The average molecular weight is 330 g/mol. The minimum atomic E-state index is -0.256. The average Bonchev–Trinajstić information content (AvgIpc) is 2.92. The van der Waals surface area contributed by atoms with Crippen molar-refractivity contribution < 1.29 is 5.11 Å². The second-order valence-corrected chi connectivity index (χ2v) is 7.30. The van der Waals surface area contributed by atoms with Crippen molar-refractivity contribution in [2.45, 2.75) is 55.7 Å². The zero-order valence-electron chi connectivity index (χ0n) is 13.4. The zero-order chi connectivity index (χ0) is 16.2. The number of aliphatic hydroxyl groups is 1. The summed E-state index contributed by atoms with van der Waals surface area (Å²) in [6.45, 7) is 6.70. The lowest BCUT2D eigenvalue weighted by molar-refractivity contribution is 0.137. The molecule has 6 heteroatoms. The number of hydrogen-bond acceptors (Lipinski definition) is 5. The maximum Gasteiger partial charge on any atom is 0.192 e. The van der Waals surface area contributed by atoms with Crippen LogP contribution in [0.4, 0.5) is 0 Å². The number of aliphatic hydroxyl groups excluding tert-OH is 1. The van der Waals surface area contributed by atoms with Gasteiger partial charge in [-0.1, -0.05) is 36.8 Å². The molecule has 1 aliphatic rings. The maximum atomic E-state index is 10.2. The van der Waals surface area contributed by atoms with E-state index in [0.717, 1.165) is 41.4 Å². The molecule has 1 saturated carbocycles. The number of aromatic nitrogens is 4. The highest BCUT2D eigenvalue weighted by atomic mass is 32.2. The fraction of sp³-hybridized carbons (Fsp3) is 0.471. The Bertz CT molecular complexity index is 670. The van der Waals surface area contributed by atoms with Crippen LogP contribution in [0.15, 0.2) is 41.8 Å². The Balaban J connectivity index is 1.90. The van der Waals surface area contributed by atoms with Crippen molar-refractivity contribution in [2.24, 2.45) is 0 Å². The molecule has 2 aromatic rings. The van der Waals surface area contributed by atoms with Crippen LogP contribution in [0.1, 0.15) is 32.6 Å². The van der Waals surface area contributed by atoms with Gasteiger partial charge in [0.25, 0.3) is 0 Å². The summed E-state index contributed by atoms with van der Waals surface area (Å²) < 4.78 is 2.09. The van der Waals surface area contributed by atoms with Gasteiger partial charge < -0.3 is 5.11 Å². The molecule has 0 bridgehead atoms. The summed E-state index contributed by atoms with van der Waals surface area (Å²) in [5, 5.41) is 20.0. The molecular formula is C17H22N4OS. The Hall–Kier alpha value is -1.66. The smallest absolute Gasteiger partial charge is 0.192 e. The molecule has 0 aromatic carbocycles. The van der Waals surface area contributed by atoms with Crippen molar-refractivity contribution in [3.63, 3.8) is 0 Å². The molecule has 0 saturated heterocycles. The highest BCUT2D eigenvalue weighted by molar-refractivity contribution is 7.99. The summed E-state index contributed by atoms with van der Waals surface area (Å²) in [5.41, 5.74) is 2.04. The third kappa shape index (κ3) is 3.82. The second kappa shape index (κ2) is 7.27. The van der Waals surface area contributed by atoms with E-state index >= 15 is 0 Å². The van der Waals surface area contributed by atoms with Crippen molar-refractivity contribution in [1.29, 1.82) is 0 Å². The summed E-state index contributed by atoms with van der Waals surface area (Å²) in [7, 11) is 0. The van der Waals surface area contributed by atoms with E-state index < -0.39 is 0 Å². The van der Waals surface area contributed by atoms with Crippen molar-refractivity contribution >= 4 is 11.8 Å². The van der Waals surface area contributed by atoms with Crippen LogP contribution in [-0.4, -0.2) is 36.2 Å². The van der Waals surface area contributed by atoms with E-state index in [1.165, 1.54) is 6.42 Å². The first kappa shape index (κ1) is 16.2. The van der Waals surface area contributed by atoms with Gasteiger partial charge in [0, 0.05) is 29.8 Å². The highest BCUT2D eigenvalue weighted by Gasteiger charge is 2.26. The van der Waals surface area contributed by atoms with Crippen LogP contribution in [-0.2, 0) is 6.54 Å². The van der Waals surface area contributed by atoms with Crippen LogP contribution < -0.4 is 0 Å². The third-order valence-corrected chi connectivity index (χ3v) is 5.37. The van der Waals surface area contributed by atoms with Gasteiger partial charge in [-0.05, 0) is 31.9 Å². The quantitative estimate of drug-likeness (QED) is 0.852. The number of thioether (sulfide) groups is 1. The Morgan fingerprint density at radius 3 is 2.74 bits per heavy atom. The van der Waals surface area contributed by atoms with Crippen molar-refractivity contribution in [2.75, 3.05) is 0 Å². The molecule has 122 valence electrons. The molecule has 0 radical (unpaired) electrons.